The monoisotopic (exact) mass is 364 g/mol. The van der Waals surface area contributed by atoms with Gasteiger partial charge in [0, 0.05) is 11.6 Å². The molecule has 0 saturated heterocycles. The molecule has 82 valence electrons. The lowest BCUT2D eigenvalue weighted by Gasteiger charge is -2.04. The van der Waals surface area contributed by atoms with Crippen LogP contribution in [0.3, 0.4) is 0 Å². The van der Waals surface area contributed by atoms with E-state index in [1.54, 1.807) is 12.1 Å². The van der Waals surface area contributed by atoms with Crippen LogP contribution in [-0.4, -0.2) is 9.97 Å². The van der Waals surface area contributed by atoms with Crippen molar-refractivity contribution in [3.05, 3.63) is 44.3 Å². The minimum absolute atomic E-state index is 0.282. The lowest BCUT2D eigenvalue weighted by atomic mass is 10.2. The van der Waals surface area contributed by atoms with E-state index in [0.29, 0.717) is 20.6 Å². The highest BCUT2D eigenvalue weighted by molar-refractivity contribution is 9.11. The minimum atomic E-state index is -0.386. The fraction of sp³-hybridized carbons (Fsp3) is 0. The molecule has 0 aliphatic carbocycles. The molecule has 6 heteroatoms. The van der Waals surface area contributed by atoms with Gasteiger partial charge < -0.3 is 0 Å². The quantitative estimate of drug-likeness (QED) is 0.697. The maximum absolute atomic E-state index is 12.9. The molecule has 2 rings (SSSR count). The number of aromatic nitrogens is 2. The Kier molecular flexibility index (Phi) is 3.56. The van der Waals surface area contributed by atoms with E-state index in [9.17, 15) is 4.39 Å². The molecule has 1 aromatic carbocycles. The Morgan fingerprint density at radius 2 is 1.69 bits per heavy atom. The van der Waals surface area contributed by atoms with Gasteiger partial charge in [-0.15, -0.1) is 0 Å². The Hall–Kier alpha value is -0.520. The van der Waals surface area contributed by atoms with E-state index < -0.39 is 0 Å². The zero-order valence-corrected chi connectivity index (χ0v) is 11.6. The van der Waals surface area contributed by atoms with E-state index in [2.05, 4.69) is 41.8 Å². The van der Waals surface area contributed by atoms with Gasteiger partial charge in [0.25, 0.3) is 0 Å². The van der Waals surface area contributed by atoms with Crippen molar-refractivity contribution < 1.29 is 4.39 Å². The van der Waals surface area contributed by atoms with Crippen LogP contribution in [-0.2, 0) is 0 Å². The summed E-state index contributed by atoms with van der Waals surface area (Å²) in [6.45, 7) is 0. The zero-order chi connectivity index (χ0) is 11.7. The van der Waals surface area contributed by atoms with Crippen LogP contribution in [0.4, 0.5) is 4.39 Å². The van der Waals surface area contributed by atoms with Crippen LogP contribution in [0, 0.1) is 5.82 Å². The third-order valence-electron chi connectivity index (χ3n) is 1.84. The second-order valence-corrected chi connectivity index (χ2v) is 4.99. The maximum Gasteiger partial charge on any atom is 0.163 e. The number of nitrogens with zero attached hydrogens (tertiary/aromatic N) is 2. The van der Waals surface area contributed by atoms with Gasteiger partial charge in [0.2, 0.25) is 0 Å². The first kappa shape index (κ1) is 12.0. The fourth-order valence-electron chi connectivity index (χ4n) is 1.18. The molecule has 0 saturated carbocycles. The predicted molar refractivity (Wildman–Crippen MR) is 67.8 cm³/mol. The predicted octanol–water partition coefficient (Wildman–Crippen LogP) is 4.46. The second-order valence-electron chi connectivity index (χ2n) is 2.96. The van der Waals surface area contributed by atoms with E-state index in [0.717, 1.165) is 0 Å². The van der Waals surface area contributed by atoms with E-state index in [1.807, 2.05) is 0 Å². The van der Waals surface area contributed by atoms with Gasteiger partial charge >= 0.3 is 0 Å². The molecular formula is C10H4Br2ClFN2. The summed E-state index contributed by atoms with van der Waals surface area (Å²) in [4.78, 5) is 8.33. The van der Waals surface area contributed by atoms with Gasteiger partial charge in [-0.2, -0.15) is 0 Å². The van der Waals surface area contributed by atoms with E-state index >= 15 is 0 Å². The highest BCUT2D eigenvalue weighted by Crippen LogP contribution is 2.27. The van der Waals surface area contributed by atoms with Gasteiger partial charge in [-0.1, -0.05) is 11.6 Å². The van der Waals surface area contributed by atoms with Crippen LogP contribution in [0.25, 0.3) is 11.4 Å². The summed E-state index contributed by atoms with van der Waals surface area (Å²) >= 11 is 12.4. The average Bonchev–Trinajstić information content (AvgIpc) is 2.15. The Labute approximate surface area is 113 Å². The number of hydrogen-bond donors (Lipinski definition) is 0. The molecule has 0 unspecified atom stereocenters. The van der Waals surface area contributed by atoms with Crippen LogP contribution < -0.4 is 0 Å². The van der Waals surface area contributed by atoms with Crippen LogP contribution in [0.15, 0.2) is 33.5 Å². The van der Waals surface area contributed by atoms with Gasteiger partial charge in [0.1, 0.15) is 15.0 Å². The summed E-state index contributed by atoms with van der Waals surface area (Å²) < 4.78 is 14.1. The number of benzene rings is 1. The largest absolute Gasteiger partial charge is 0.221 e. The second kappa shape index (κ2) is 4.77. The topological polar surface area (TPSA) is 25.8 Å². The van der Waals surface area contributed by atoms with Crippen LogP contribution in [0.2, 0.25) is 5.02 Å². The molecule has 16 heavy (non-hydrogen) atoms. The Bertz CT molecular complexity index is 528. The van der Waals surface area contributed by atoms with Gasteiger partial charge in [-0.3, -0.25) is 0 Å². The van der Waals surface area contributed by atoms with Crippen LogP contribution in [0.1, 0.15) is 0 Å². The highest BCUT2D eigenvalue weighted by Gasteiger charge is 2.09. The summed E-state index contributed by atoms with van der Waals surface area (Å²) in [5, 5.41) is 0.282. The Morgan fingerprint density at radius 3 is 2.25 bits per heavy atom. The molecule has 0 atom stereocenters. The molecule has 0 amide bonds. The molecule has 0 fully saturated rings. The van der Waals surface area contributed by atoms with E-state index in [1.165, 1.54) is 12.1 Å². The lowest BCUT2D eigenvalue weighted by Crippen LogP contribution is -1.91. The molecule has 1 aromatic heterocycles. The molecule has 0 aliphatic heterocycles. The summed E-state index contributed by atoms with van der Waals surface area (Å²) in [7, 11) is 0. The first-order chi connectivity index (χ1) is 7.56. The summed E-state index contributed by atoms with van der Waals surface area (Å²) in [5.74, 6) is 0.0501. The van der Waals surface area contributed by atoms with Gasteiger partial charge in [0.15, 0.2) is 5.82 Å². The summed E-state index contributed by atoms with van der Waals surface area (Å²) in [6.07, 6.45) is 0. The van der Waals surface area contributed by atoms with Crippen molar-refractivity contribution in [1.82, 2.24) is 9.97 Å². The third-order valence-corrected chi connectivity index (χ3v) is 2.96. The Balaban J connectivity index is 2.58. The standard InChI is InChI=1S/C10H4Br2ClFN2/c11-8-4-9(12)16-10(15-8)6-2-1-5(14)3-7(6)13/h1-4H. The molecule has 2 aromatic rings. The number of rotatable bonds is 1. The molecule has 0 radical (unpaired) electrons. The fourth-order valence-corrected chi connectivity index (χ4v) is 2.51. The van der Waals surface area contributed by atoms with Gasteiger partial charge in [0.05, 0.1) is 5.02 Å². The minimum Gasteiger partial charge on any atom is -0.221 e. The smallest absolute Gasteiger partial charge is 0.163 e. The van der Waals surface area contributed by atoms with Crippen molar-refractivity contribution in [1.29, 1.82) is 0 Å². The maximum atomic E-state index is 12.9. The molecule has 2 nitrogen and oxygen atoms in total. The molecule has 1 heterocycles. The van der Waals surface area contributed by atoms with Crippen molar-refractivity contribution in [2.45, 2.75) is 0 Å². The van der Waals surface area contributed by atoms with Crippen molar-refractivity contribution in [2.75, 3.05) is 0 Å². The van der Waals surface area contributed by atoms with Crippen molar-refractivity contribution >= 4 is 43.5 Å². The third kappa shape index (κ3) is 2.59. The molecule has 0 spiro atoms. The van der Waals surface area contributed by atoms with Crippen LogP contribution in [0.5, 0.6) is 0 Å². The van der Waals surface area contributed by atoms with E-state index in [4.69, 9.17) is 11.6 Å². The highest BCUT2D eigenvalue weighted by atomic mass is 79.9. The summed E-state index contributed by atoms with van der Waals surface area (Å²) in [6, 6.07) is 5.81. The normalized spacial score (nSPS) is 10.5. The average molecular weight is 366 g/mol. The van der Waals surface area contributed by atoms with Crippen molar-refractivity contribution in [2.24, 2.45) is 0 Å². The molecular weight excluding hydrogens is 362 g/mol. The molecule has 0 bridgehead atoms. The Morgan fingerprint density at radius 1 is 1.06 bits per heavy atom. The first-order valence-electron chi connectivity index (χ1n) is 4.22. The number of halogens is 4. The van der Waals surface area contributed by atoms with Gasteiger partial charge in [-0.25, -0.2) is 14.4 Å². The van der Waals surface area contributed by atoms with E-state index in [-0.39, 0.29) is 10.8 Å². The number of hydrogen-bond acceptors (Lipinski definition) is 2. The van der Waals surface area contributed by atoms with Crippen molar-refractivity contribution in [3.8, 4) is 11.4 Å². The lowest BCUT2D eigenvalue weighted by molar-refractivity contribution is 0.628. The van der Waals surface area contributed by atoms with Gasteiger partial charge in [-0.05, 0) is 50.1 Å². The molecule has 0 N–H and O–H groups in total. The molecule has 0 aliphatic rings. The summed E-state index contributed by atoms with van der Waals surface area (Å²) in [5.41, 5.74) is 0.588. The zero-order valence-electron chi connectivity index (χ0n) is 7.72. The first-order valence-corrected chi connectivity index (χ1v) is 6.18. The van der Waals surface area contributed by atoms with Crippen LogP contribution >= 0.6 is 43.5 Å². The SMILES string of the molecule is Fc1ccc(-c2nc(Br)cc(Br)n2)c(Cl)c1. The van der Waals surface area contributed by atoms with Crippen molar-refractivity contribution in [3.63, 3.8) is 0 Å².